The predicted octanol–water partition coefficient (Wildman–Crippen LogP) is 1.83. The number of carbonyl (C=O) groups excluding carboxylic acids is 5. The van der Waals surface area contributed by atoms with Crippen molar-refractivity contribution < 1.29 is 42.9 Å². The van der Waals surface area contributed by atoms with Gasteiger partial charge in [-0.2, -0.15) is 0 Å². The molecular weight excluding hydrogens is 472 g/mol. The molecule has 0 aromatic carbocycles. The zero-order chi connectivity index (χ0) is 27.0. The van der Waals surface area contributed by atoms with E-state index in [-0.39, 0.29) is 11.8 Å². The van der Waals surface area contributed by atoms with Crippen molar-refractivity contribution in [3.8, 4) is 0 Å². The minimum absolute atomic E-state index is 0.0707. The summed E-state index contributed by atoms with van der Waals surface area (Å²) in [6.45, 7) is 10.8. The molecule has 0 heterocycles. The van der Waals surface area contributed by atoms with Crippen LogP contribution >= 0.6 is 0 Å². The van der Waals surface area contributed by atoms with E-state index in [9.17, 15) is 24.0 Å². The van der Waals surface area contributed by atoms with Gasteiger partial charge in [-0.3, -0.25) is 4.79 Å². The van der Waals surface area contributed by atoms with Crippen LogP contribution in [0.25, 0.3) is 0 Å². The molecule has 2 N–H and O–H groups in total. The maximum atomic E-state index is 12.4. The fourth-order valence-corrected chi connectivity index (χ4v) is 3.66. The van der Waals surface area contributed by atoms with Crippen molar-refractivity contribution in [3.05, 3.63) is 38.0 Å². The summed E-state index contributed by atoms with van der Waals surface area (Å²) in [5, 5.41) is 5.55. The highest BCUT2D eigenvalue weighted by atomic mass is 16.6. The highest BCUT2D eigenvalue weighted by Gasteiger charge is 2.37. The first kappa shape index (κ1) is 30.4. The van der Waals surface area contributed by atoms with Crippen LogP contribution in [0.5, 0.6) is 0 Å². The van der Waals surface area contributed by atoms with Crippen LogP contribution in [0.15, 0.2) is 38.0 Å². The minimum atomic E-state index is -1.39. The molecule has 200 valence electrons. The van der Waals surface area contributed by atoms with Gasteiger partial charge in [-0.15, -0.1) is 0 Å². The lowest BCUT2D eigenvalue weighted by molar-refractivity contribution is -0.159. The van der Waals surface area contributed by atoms with Gasteiger partial charge in [0.25, 0.3) is 0 Å². The van der Waals surface area contributed by atoms with Crippen molar-refractivity contribution in [1.82, 2.24) is 10.6 Å². The summed E-state index contributed by atoms with van der Waals surface area (Å²) < 4.78 is 20.6. The third-order valence-electron chi connectivity index (χ3n) is 5.64. The van der Waals surface area contributed by atoms with Crippen LogP contribution in [0.1, 0.15) is 32.6 Å². The molecule has 2 unspecified atom stereocenters. The summed E-state index contributed by atoms with van der Waals surface area (Å²) in [7, 11) is 0. The van der Waals surface area contributed by atoms with Crippen LogP contribution in [0, 0.1) is 17.3 Å². The highest BCUT2D eigenvalue weighted by Crippen LogP contribution is 2.28. The minimum Gasteiger partial charge on any atom is -0.462 e. The van der Waals surface area contributed by atoms with Crippen molar-refractivity contribution in [2.24, 2.45) is 17.3 Å². The number of esters is 3. The lowest BCUT2D eigenvalue weighted by atomic mass is 9.81. The largest absolute Gasteiger partial charge is 0.462 e. The molecule has 0 bridgehead atoms. The van der Waals surface area contributed by atoms with Gasteiger partial charge in [0.2, 0.25) is 5.91 Å². The molecule has 0 aromatic heterocycles. The Bertz CT molecular complexity index is 765. The number of carbonyl (C=O) groups is 5. The van der Waals surface area contributed by atoms with E-state index in [0.29, 0.717) is 19.0 Å². The van der Waals surface area contributed by atoms with Crippen LogP contribution in [0.2, 0.25) is 0 Å². The molecule has 2 atom stereocenters. The Kier molecular flexibility index (Phi) is 13.6. The molecule has 11 nitrogen and oxygen atoms in total. The van der Waals surface area contributed by atoms with Gasteiger partial charge in [0.05, 0.1) is 0 Å². The zero-order valence-corrected chi connectivity index (χ0v) is 20.8. The molecule has 2 amide bonds. The van der Waals surface area contributed by atoms with E-state index in [1.54, 1.807) is 0 Å². The standard InChI is InChI=1S/C25H36N2O9/c1-5-21(29)33-14-25(15-34-22(30)6-2,16-35-23(31)7-3)17-36-24(32)27-13-20-10-8-9-19(11-20)12-26-18(4)28/h5-7,19-20H,1-3,8-17H2,4H3,(H,26,28)(H,27,32). The Morgan fingerprint density at radius 1 is 0.750 bits per heavy atom. The van der Waals surface area contributed by atoms with E-state index in [1.807, 2.05) is 0 Å². The molecule has 1 fully saturated rings. The maximum Gasteiger partial charge on any atom is 0.407 e. The van der Waals surface area contributed by atoms with Crippen LogP contribution in [0.3, 0.4) is 0 Å². The lowest BCUT2D eigenvalue weighted by Crippen LogP contribution is -2.45. The fraction of sp³-hybridized carbons (Fsp3) is 0.560. The molecule has 0 aromatic rings. The van der Waals surface area contributed by atoms with E-state index in [0.717, 1.165) is 43.9 Å². The monoisotopic (exact) mass is 508 g/mol. The van der Waals surface area contributed by atoms with Gasteiger partial charge in [0, 0.05) is 38.2 Å². The van der Waals surface area contributed by atoms with Crippen LogP contribution in [-0.2, 0) is 38.1 Å². The van der Waals surface area contributed by atoms with Crippen LogP contribution in [0.4, 0.5) is 4.79 Å². The van der Waals surface area contributed by atoms with Gasteiger partial charge in [-0.1, -0.05) is 26.2 Å². The Labute approximate surface area is 211 Å². The van der Waals surface area contributed by atoms with Crippen LogP contribution < -0.4 is 10.6 Å². The maximum absolute atomic E-state index is 12.4. The van der Waals surface area contributed by atoms with Crippen molar-refractivity contribution >= 4 is 29.9 Å². The van der Waals surface area contributed by atoms with E-state index >= 15 is 0 Å². The van der Waals surface area contributed by atoms with Crippen molar-refractivity contribution in [2.75, 3.05) is 39.5 Å². The van der Waals surface area contributed by atoms with Gasteiger partial charge in [-0.05, 0) is 31.1 Å². The number of nitrogens with one attached hydrogen (secondary N) is 2. The Balaban J connectivity index is 2.77. The van der Waals surface area contributed by atoms with E-state index < -0.39 is 55.8 Å². The second-order valence-corrected chi connectivity index (χ2v) is 8.73. The van der Waals surface area contributed by atoms with Gasteiger partial charge < -0.3 is 29.6 Å². The summed E-state index contributed by atoms with van der Waals surface area (Å²) >= 11 is 0. The average molecular weight is 509 g/mol. The number of hydrogen-bond donors (Lipinski definition) is 2. The topological polar surface area (TPSA) is 146 Å². The molecule has 1 aliphatic carbocycles. The quantitative estimate of drug-likeness (QED) is 0.192. The number of hydrogen-bond acceptors (Lipinski definition) is 9. The Hall–Kier alpha value is -3.63. The van der Waals surface area contributed by atoms with E-state index in [4.69, 9.17) is 18.9 Å². The second-order valence-electron chi connectivity index (χ2n) is 8.73. The summed E-state index contributed by atoms with van der Waals surface area (Å²) in [5.74, 6) is -1.79. The molecule has 0 spiro atoms. The summed E-state index contributed by atoms with van der Waals surface area (Å²) in [5.41, 5.74) is -1.39. The fourth-order valence-electron chi connectivity index (χ4n) is 3.66. The predicted molar refractivity (Wildman–Crippen MR) is 129 cm³/mol. The molecule has 1 saturated carbocycles. The first-order valence-electron chi connectivity index (χ1n) is 11.7. The highest BCUT2D eigenvalue weighted by molar-refractivity contribution is 5.82. The lowest BCUT2D eigenvalue weighted by Gasteiger charge is -2.31. The molecule has 0 saturated heterocycles. The molecule has 1 rings (SSSR count). The van der Waals surface area contributed by atoms with Gasteiger partial charge in [0.1, 0.15) is 31.8 Å². The van der Waals surface area contributed by atoms with Gasteiger partial charge >= 0.3 is 24.0 Å². The third kappa shape index (κ3) is 12.2. The molecule has 0 aliphatic heterocycles. The molecule has 36 heavy (non-hydrogen) atoms. The van der Waals surface area contributed by atoms with Gasteiger partial charge in [0.15, 0.2) is 0 Å². The van der Waals surface area contributed by atoms with Crippen molar-refractivity contribution in [2.45, 2.75) is 32.6 Å². The van der Waals surface area contributed by atoms with Crippen LogP contribution in [-0.4, -0.2) is 69.4 Å². The first-order valence-corrected chi connectivity index (χ1v) is 11.7. The van der Waals surface area contributed by atoms with E-state index in [2.05, 4.69) is 30.4 Å². The van der Waals surface area contributed by atoms with Gasteiger partial charge in [-0.25, -0.2) is 19.2 Å². The SMILES string of the molecule is C=CC(=O)OCC(COC(=O)C=C)(COC(=O)C=C)COC(=O)NCC1CCCC(CNC(C)=O)C1. The third-order valence-corrected chi connectivity index (χ3v) is 5.64. The van der Waals surface area contributed by atoms with E-state index in [1.165, 1.54) is 6.92 Å². The van der Waals surface area contributed by atoms with Crippen molar-refractivity contribution in [3.63, 3.8) is 0 Å². The smallest absolute Gasteiger partial charge is 0.407 e. The molecular formula is C25H36N2O9. The zero-order valence-electron chi connectivity index (χ0n) is 20.8. The number of rotatable bonds is 15. The number of amides is 2. The van der Waals surface area contributed by atoms with Crippen molar-refractivity contribution in [1.29, 1.82) is 0 Å². The number of alkyl carbamates (subject to hydrolysis) is 1. The second kappa shape index (κ2) is 16.1. The molecule has 11 heteroatoms. The molecule has 0 radical (unpaired) electrons. The average Bonchev–Trinajstić information content (AvgIpc) is 2.89. The normalized spacial score (nSPS) is 17.0. The Morgan fingerprint density at radius 2 is 1.17 bits per heavy atom. The summed E-state index contributed by atoms with van der Waals surface area (Å²) in [4.78, 5) is 58.5. The first-order chi connectivity index (χ1) is 17.1. The Morgan fingerprint density at radius 3 is 1.58 bits per heavy atom. The number of ether oxygens (including phenoxy) is 4. The molecule has 1 aliphatic rings. The summed E-state index contributed by atoms with van der Waals surface area (Å²) in [6, 6.07) is 0. The summed E-state index contributed by atoms with van der Waals surface area (Å²) in [6.07, 6.45) is 5.88.